The monoisotopic (exact) mass is 202 g/mol. The molecular formula is C8H19LiO3S. The van der Waals surface area contributed by atoms with E-state index in [4.69, 9.17) is 4.55 Å². The van der Waals surface area contributed by atoms with Gasteiger partial charge in [-0.3, -0.25) is 4.55 Å². The number of unbranched alkanes of at least 4 members (excludes halogenated alkanes) is 5. The molecule has 0 saturated carbocycles. The minimum atomic E-state index is -3.72. The average Bonchev–Trinajstić information content (AvgIpc) is 1.94. The first kappa shape index (κ1) is 16.0. The molecular weight excluding hydrogens is 183 g/mol. The Bertz CT molecular complexity index is 195. The molecule has 0 aliphatic heterocycles. The van der Waals surface area contributed by atoms with Gasteiger partial charge in [-0.05, 0) is 6.42 Å². The summed E-state index contributed by atoms with van der Waals surface area (Å²) in [6.07, 6.45) is 6.14. The first-order valence-electron chi connectivity index (χ1n) is 4.51. The van der Waals surface area contributed by atoms with E-state index in [0.717, 1.165) is 12.8 Å². The molecule has 0 aromatic carbocycles. The van der Waals surface area contributed by atoms with Crippen molar-refractivity contribution >= 4 is 10.1 Å². The zero-order valence-electron chi connectivity index (χ0n) is 9.62. The Balaban J connectivity index is -0.000000605. The molecule has 0 aliphatic carbocycles. The minimum absolute atomic E-state index is 0. The maximum Gasteiger partial charge on any atom is 1.00 e. The van der Waals surface area contributed by atoms with E-state index in [1.807, 2.05) is 0 Å². The van der Waals surface area contributed by atoms with Crippen LogP contribution in [0.4, 0.5) is 0 Å². The molecule has 0 atom stereocenters. The fourth-order valence-electron chi connectivity index (χ4n) is 1.06. The van der Waals surface area contributed by atoms with Gasteiger partial charge in [-0.25, -0.2) is 0 Å². The molecule has 1 N–H and O–H groups in total. The largest absolute Gasteiger partial charge is 1.00 e. The number of hydrogen-bond acceptors (Lipinski definition) is 2. The predicted octanol–water partition coefficient (Wildman–Crippen LogP) is -0.649. The van der Waals surface area contributed by atoms with Crippen molar-refractivity contribution in [2.75, 3.05) is 5.75 Å². The normalized spacial score (nSPS) is 10.9. The van der Waals surface area contributed by atoms with E-state index in [0.29, 0.717) is 6.42 Å². The maximum atomic E-state index is 10.3. The Morgan fingerprint density at radius 3 is 2.00 bits per heavy atom. The van der Waals surface area contributed by atoms with E-state index >= 15 is 0 Å². The molecule has 0 bridgehead atoms. The molecule has 0 radical (unpaired) electrons. The molecule has 5 heteroatoms. The SMILES string of the molecule is CCCCCCCCS(=O)(=O)O.[H-].[Li+]. The van der Waals surface area contributed by atoms with Crippen LogP contribution in [-0.2, 0) is 10.1 Å². The predicted molar refractivity (Wildman–Crippen MR) is 50.9 cm³/mol. The second-order valence-electron chi connectivity index (χ2n) is 3.05. The molecule has 0 heterocycles. The fourth-order valence-corrected chi connectivity index (χ4v) is 1.63. The van der Waals surface area contributed by atoms with Gasteiger partial charge in [0.1, 0.15) is 0 Å². The van der Waals surface area contributed by atoms with Gasteiger partial charge in [0.2, 0.25) is 0 Å². The molecule has 76 valence electrons. The van der Waals surface area contributed by atoms with Crippen molar-refractivity contribution in [2.45, 2.75) is 45.4 Å². The Hall–Kier alpha value is 0.507. The second kappa shape index (κ2) is 9.08. The molecule has 0 amide bonds. The number of rotatable bonds is 7. The summed E-state index contributed by atoms with van der Waals surface area (Å²) in [6, 6.07) is 0. The Kier molecular flexibility index (Phi) is 11.1. The van der Waals surface area contributed by atoms with Crippen LogP contribution in [0.25, 0.3) is 0 Å². The Morgan fingerprint density at radius 2 is 1.54 bits per heavy atom. The van der Waals surface area contributed by atoms with E-state index in [9.17, 15) is 8.42 Å². The van der Waals surface area contributed by atoms with Crippen LogP contribution in [0.2, 0.25) is 0 Å². The summed E-state index contributed by atoms with van der Waals surface area (Å²) < 4.78 is 28.9. The molecule has 0 saturated heterocycles. The van der Waals surface area contributed by atoms with Crippen molar-refractivity contribution in [3.05, 3.63) is 0 Å². The fraction of sp³-hybridized carbons (Fsp3) is 1.00. The average molecular weight is 202 g/mol. The zero-order chi connectivity index (χ0) is 9.45. The van der Waals surface area contributed by atoms with Crippen LogP contribution in [0.15, 0.2) is 0 Å². The summed E-state index contributed by atoms with van der Waals surface area (Å²) in [5.74, 6) is -0.0842. The maximum absolute atomic E-state index is 10.3. The third-order valence-electron chi connectivity index (χ3n) is 1.76. The van der Waals surface area contributed by atoms with Crippen molar-refractivity contribution in [2.24, 2.45) is 0 Å². The van der Waals surface area contributed by atoms with Crippen molar-refractivity contribution in [3.63, 3.8) is 0 Å². The van der Waals surface area contributed by atoms with Crippen LogP contribution in [0, 0.1) is 0 Å². The van der Waals surface area contributed by atoms with Gasteiger partial charge in [0.05, 0.1) is 5.75 Å². The molecule has 0 fully saturated rings. The van der Waals surface area contributed by atoms with E-state index in [1.54, 1.807) is 0 Å². The third kappa shape index (κ3) is 15.3. The van der Waals surface area contributed by atoms with Crippen molar-refractivity contribution in [1.82, 2.24) is 0 Å². The molecule has 13 heavy (non-hydrogen) atoms. The minimum Gasteiger partial charge on any atom is -1.00 e. The van der Waals surface area contributed by atoms with Crippen molar-refractivity contribution in [3.8, 4) is 0 Å². The summed E-state index contributed by atoms with van der Waals surface area (Å²) in [6.45, 7) is 2.14. The molecule has 0 aromatic heterocycles. The molecule has 0 rings (SSSR count). The summed E-state index contributed by atoms with van der Waals surface area (Å²) >= 11 is 0. The van der Waals surface area contributed by atoms with E-state index < -0.39 is 10.1 Å². The quantitative estimate of drug-likeness (QED) is 0.339. The van der Waals surface area contributed by atoms with E-state index in [2.05, 4.69) is 6.92 Å². The smallest absolute Gasteiger partial charge is 1.00 e. The van der Waals surface area contributed by atoms with E-state index in [1.165, 1.54) is 19.3 Å². The summed E-state index contributed by atoms with van der Waals surface area (Å²) in [4.78, 5) is 0. The van der Waals surface area contributed by atoms with Crippen LogP contribution >= 0.6 is 0 Å². The molecule has 0 unspecified atom stereocenters. The van der Waals surface area contributed by atoms with E-state index in [-0.39, 0.29) is 26.0 Å². The molecule has 3 nitrogen and oxygen atoms in total. The van der Waals surface area contributed by atoms with Crippen LogP contribution in [-0.4, -0.2) is 18.7 Å². The second-order valence-corrected chi connectivity index (χ2v) is 4.63. The van der Waals surface area contributed by atoms with Gasteiger partial charge in [0, 0.05) is 0 Å². The van der Waals surface area contributed by atoms with Gasteiger partial charge < -0.3 is 1.43 Å². The Morgan fingerprint density at radius 1 is 1.08 bits per heavy atom. The van der Waals surface area contributed by atoms with Crippen LogP contribution < -0.4 is 18.9 Å². The number of hydrogen-bond donors (Lipinski definition) is 1. The van der Waals surface area contributed by atoms with Crippen LogP contribution in [0.5, 0.6) is 0 Å². The van der Waals surface area contributed by atoms with Gasteiger partial charge in [0.25, 0.3) is 10.1 Å². The van der Waals surface area contributed by atoms with Gasteiger partial charge in [-0.15, -0.1) is 0 Å². The van der Waals surface area contributed by atoms with Gasteiger partial charge in [-0.1, -0.05) is 39.0 Å². The molecule has 0 aliphatic rings. The first-order chi connectivity index (χ1) is 5.56. The van der Waals surface area contributed by atoms with Crippen molar-refractivity contribution < 1.29 is 33.3 Å². The standard InChI is InChI=1S/C8H18O3S.Li.H/c1-2-3-4-5-6-7-8-12(9,10)11;;/h2-8H2,1H3,(H,9,10,11);;/q;+1;-1. The summed E-state index contributed by atoms with van der Waals surface area (Å²) in [5.41, 5.74) is 0. The topological polar surface area (TPSA) is 54.4 Å². The van der Waals surface area contributed by atoms with Crippen molar-refractivity contribution in [1.29, 1.82) is 0 Å². The van der Waals surface area contributed by atoms with Gasteiger partial charge >= 0.3 is 18.9 Å². The summed E-state index contributed by atoms with van der Waals surface area (Å²) in [7, 11) is -3.72. The zero-order valence-corrected chi connectivity index (χ0v) is 9.44. The Labute approximate surface area is 94.7 Å². The van der Waals surface area contributed by atoms with Gasteiger partial charge in [0.15, 0.2) is 0 Å². The third-order valence-corrected chi connectivity index (χ3v) is 2.56. The molecule has 0 spiro atoms. The van der Waals surface area contributed by atoms with Gasteiger partial charge in [-0.2, -0.15) is 8.42 Å². The van der Waals surface area contributed by atoms with Crippen LogP contribution in [0.3, 0.4) is 0 Å². The first-order valence-corrected chi connectivity index (χ1v) is 6.12. The summed E-state index contributed by atoms with van der Waals surface area (Å²) in [5, 5.41) is 0. The van der Waals surface area contributed by atoms with Crippen LogP contribution in [0.1, 0.15) is 46.9 Å². The molecule has 0 aromatic rings.